The van der Waals surface area contributed by atoms with Gasteiger partial charge in [-0.2, -0.15) is 0 Å². The minimum atomic E-state index is 0.295. The fourth-order valence-corrected chi connectivity index (χ4v) is 4.03. The zero-order valence-corrected chi connectivity index (χ0v) is 17.1. The van der Waals surface area contributed by atoms with Crippen LogP contribution in [0.5, 0.6) is 11.5 Å². The third-order valence-corrected chi connectivity index (χ3v) is 5.47. The van der Waals surface area contributed by atoms with Crippen LogP contribution in [-0.4, -0.2) is 43.4 Å². The Hall–Kier alpha value is -2.63. The van der Waals surface area contributed by atoms with E-state index in [2.05, 4.69) is 46.3 Å². The van der Waals surface area contributed by atoms with Crippen LogP contribution >= 0.6 is 0 Å². The molecule has 0 bridgehead atoms. The molecule has 5 heteroatoms. The number of nitrogens with zero attached hydrogens (tertiary/aromatic N) is 2. The molecule has 0 unspecified atom stereocenters. The Morgan fingerprint density at radius 1 is 1.03 bits per heavy atom. The molecule has 1 atom stereocenters. The number of para-hydroxylation sites is 1. The molecule has 0 radical (unpaired) electrons. The lowest BCUT2D eigenvalue weighted by Gasteiger charge is -2.26. The van der Waals surface area contributed by atoms with E-state index in [4.69, 9.17) is 14.2 Å². The SMILES string of the molecule is COc1ccc(CN(Cc2ccnc3ccccc23)C[C@H]2CCCO2)cc1OC. The molecule has 4 rings (SSSR count). The van der Waals surface area contributed by atoms with Gasteiger partial charge in [-0.05, 0) is 48.2 Å². The highest BCUT2D eigenvalue weighted by Gasteiger charge is 2.20. The minimum Gasteiger partial charge on any atom is -0.493 e. The summed E-state index contributed by atoms with van der Waals surface area (Å²) in [5.74, 6) is 1.51. The molecule has 1 fully saturated rings. The maximum Gasteiger partial charge on any atom is 0.161 e. The summed E-state index contributed by atoms with van der Waals surface area (Å²) < 4.78 is 16.8. The zero-order chi connectivity index (χ0) is 20.1. The van der Waals surface area contributed by atoms with Gasteiger partial charge >= 0.3 is 0 Å². The van der Waals surface area contributed by atoms with Crippen molar-refractivity contribution in [3.05, 3.63) is 65.9 Å². The Labute approximate surface area is 172 Å². The van der Waals surface area contributed by atoms with Crippen LogP contribution in [0.15, 0.2) is 54.7 Å². The van der Waals surface area contributed by atoms with Gasteiger partial charge in [0.2, 0.25) is 0 Å². The van der Waals surface area contributed by atoms with Gasteiger partial charge in [0.25, 0.3) is 0 Å². The van der Waals surface area contributed by atoms with Crippen molar-refractivity contribution in [2.75, 3.05) is 27.4 Å². The van der Waals surface area contributed by atoms with Gasteiger partial charge in [-0.25, -0.2) is 0 Å². The highest BCUT2D eigenvalue weighted by Crippen LogP contribution is 2.29. The number of methoxy groups -OCH3 is 2. The van der Waals surface area contributed by atoms with Gasteiger partial charge < -0.3 is 14.2 Å². The second-order valence-electron chi connectivity index (χ2n) is 7.48. The largest absolute Gasteiger partial charge is 0.493 e. The molecule has 2 aromatic carbocycles. The number of pyridine rings is 1. The first kappa shape index (κ1) is 19.7. The summed E-state index contributed by atoms with van der Waals surface area (Å²) >= 11 is 0. The Balaban J connectivity index is 1.59. The lowest BCUT2D eigenvalue weighted by molar-refractivity contribution is 0.0680. The monoisotopic (exact) mass is 392 g/mol. The Morgan fingerprint density at radius 3 is 2.69 bits per heavy atom. The fourth-order valence-electron chi connectivity index (χ4n) is 4.03. The van der Waals surface area contributed by atoms with Gasteiger partial charge in [0, 0.05) is 37.8 Å². The predicted octanol–water partition coefficient (Wildman–Crippen LogP) is 4.43. The zero-order valence-electron chi connectivity index (χ0n) is 17.1. The van der Waals surface area contributed by atoms with Crippen molar-refractivity contribution < 1.29 is 14.2 Å². The van der Waals surface area contributed by atoms with E-state index in [-0.39, 0.29) is 0 Å². The van der Waals surface area contributed by atoms with Crippen molar-refractivity contribution in [2.45, 2.75) is 32.0 Å². The van der Waals surface area contributed by atoms with Crippen LogP contribution in [0.3, 0.4) is 0 Å². The molecular formula is C24H28N2O3. The number of rotatable bonds is 8. The smallest absolute Gasteiger partial charge is 0.161 e. The van der Waals surface area contributed by atoms with E-state index in [9.17, 15) is 0 Å². The van der Waals surface area contributed by atoms with Crippen molar-refractivity contribution in [1.29, 1.82) is 0 Å². The van der Waals surface area contributed by atoms with Crippen LogP contribution in [0.4, 0.5) is 0 Å². The molecule has 0 amide bonds. The molecule has 0 saturated carbocycles. The van der Waals surface area contributed by atoms with Crippen molar-refractivity contribution >= 4 is 10.9 Å². The molecule has 3 aromatic rings. The molecule has 1 aliphatic rings. The summed E-state index contributed by atoms with van der Waals surface area (Å²) in [7, 11) is 3.34. The Kier molecular flexibility index (Phi) is 6.27. The molecule has 2 heterocycles. The third kappa shape index (κ3) is 4.69. The predicted molar refractivity (Wildman–Crippen MR) is 114 cm³/mol. The first-order valence-corrected chi connectivity index (χ1v) is 10.1. The van der Waals surface area contributed by atoms with Crippen molar-refractivity contribution in [2.24, 2.45) is 0 Å². The lowest BCUT2D eigenvalue weighted by atomic mass is 10.1. The molecule has 1 aromatic heterocycles. The normalized spacial score (nSPS) is 16.4. The second-order valence-corrected chi connectivity index (χ2v) is 7.48. The van der Waals surface area contributed by atoms with E-state index in [0.29, 0.717) is 6.10 Å². The maximum absolute atomic E-state index is 5.93. The van der Waals surface area contributed by atoms with Crippen molar-refractivity contribution in [3.8, 4) is 11.5 Å². The number of aromatic nitrogens is 1. The van der Waals surface area contributed by atoms with Crippen LogP contribution in [0.25, 0.3) is 10.9 Å². The van der Waals surface area contributed by atoms with Crippen LogP contribution in [0.2, 0.25) is 0 Å². The van der Waals surface area contributed by atoms with Crippen molar-refractivity contribution in [1.82, 2.24) is 9.88 Å². The van der Waals surface area contributed by atoms with E-state index in [0.717, 1.165) is 56.1 Å². The highest BCUT2D eigenvalue weighted by molar-refractivity contribution is 5.81. The fraction of sp³-hybridized carbons (Fsp3) is 0.375. The standard InChI is InChI=1S/C24H28N2O3/c1-27-23-10-9-18(14-24(23)28-2)15-26(17-20-6-5-13-29-20)16-19-11-12-25-22-8-4-3-7-21(19)22/h3-4,7-12,14,20H,5-6,13,15-17H2,1-2H3/t20-/m1/s1. The number of fused-ring (bicyclic) bond motifs is 1. The van der Waals surface area contributed by atoms with E-state index in [1.165, 1.54) is 16.5 Å². The van der Waals surface area contributed by atoms with E-state index in [1.54, 1.807) is 14.2 Å². The van der Waals surface area contributed by atoms with Gasteiger partial charge in [0.05, 0.1) is 25.8 Å². The lowest BCUT2D eigenvalue weighted by Crippen LogP contribution is -2.31. The molecule has 1 aliphatic heterocycles. The van der Waals surface area contributed by atoms with Crippen molar-refractivity contribution in [3.63, 3.8) is 0 Å². The number of ether oxygens (including phenoxy) is 3. The molecule has 5 nitrogen and oxygen atoms in total. The van der Waals surface area contributed by atoms with Crippen LogP contribution < -0.4 is 9.47 Å². The number of hydrogen-bond acceptors (Lipinski definition) is 5. The Bertz CT molecular complexity index is 949. The molecule has 1 saturated heterocycles. The first-order chi connectivity index (χ1) is 14.3. The first-order valence-electron chi connectivity index (χ1n) is 10.1. The number of hydrogen-bond donors (Lipinski definition) is 0. The molecule has 0 N–H and O–H groups in total. The summed E-state index contributed by atoms with van der Waals surface area (Å²) in [6.07, 6.45) is 4.47. The molecule has 152 valence electrons. The average Bonchev–Trinajstić information content (AvgIpc) is 3.27. The topological polar surface area (TPSA) is 43.8 Å². The van der Waals surface area contributed by atoms with E-state index >= 15 is 0 Å². The number of benzene rings is 2. The van der Waals surface area contributed by atoms with Gasteiger partial charge in [0.15, 0.2) is 11.5 Å². The van der Waals surface area contributed by atoms with Crippen LogP contribution in [0, 0.1) is 0 Å². The maximum atomic E-state index is 5.93. The van der Waals surface area contributed by atoms with E-state index < -0.39 is 0 Å². The Morgan fingerprint density at radius 2 is 1.90 bits per heavy atom. The molecule has 29 heavy (non-hydrogen) atoms. The molecule has 0 spiro atoms. The van der Waals surface area contributed by atoms with Gasteiger partial charge in [-0.1, -0.05) is 24.3 Å². The van der Waals surface area contributed by atoms with E-state index in [1.807, 2.05) is 18.3 Å². The van der Waals surface area contributed by atoms with Crippen LogP contribution in [0.1, 0.15) is 24.0 Å². The molecular weight excluding hydrogens is 364 g/mol. The minimum absolute atomic E-state index is 0.295. The van der Waals surface area contributed by atoms with Gasteiger partial charge in [-0.3, -0.25) is 9.88 Å². The average molecular weight is 392 g/mol. The summed E-state index contributed by atoms with van der Waals surface area (Å²) in [6, 6.07) is 16.6. The van der Waals surface area contributed by atoms with Gasteiger partial charge in [0.1, 0.15) is 0 Å². The summed E-state index contributed by atoms with van der Waals surface area (Å²) in [6.45, 7) is 3.44. The molecule has 0 aliphatic carbocycles. The summed E-state index contributed by atoms with van der Waals surface area (Å²) in [5.41, 5.74) is 3.52. The second kappa shape index (κ2) is 9.25. The quantitative estimate of drug-likeness (QED) is 0.567. The summed E-state index contributed by atoms with van der Waals surface area (Å²) in [5, 5.41) is 1.21. The van der Waals surface area contributed by atoms with Gasteiger partial charge in [-0.15, -0.1) is 0 Å². The third-order valence-electron chi connectivity index (χ3n) is 5.47. The summed E-state index contributed by atoms with van der Waals surface area (Å²) in [4.78, 5) is 6.96. The van der Waals surface area contributed by atoms with Crippen LogP contribution in [-0.2, 0) is 17.8 Å². The highest BCUT2D eigenvalue weighted by atomic mass is 16.5.